The van der Waals surface area contributed by atoms with Gasteiger partial charge in [-0.25, -0.2) is 0 Å². The summed E-state index contributed by atoms with van der Waals surface area (Å²) in [5.41, 5.74) is 0. The van der Waals surface area contributed by atoms with E-state index in [2.05, 4.69) is 4.90 Å². The highest BCUT2D eigenvalue weighted by molar-refractivity contribution is 6.42. The first-order chi connectivity index (χ1) is 14.0. The fourth-order valence-corrected chi connectivity index (χ4v) is 4.12. The van der Waals surface area contributed by atoms with Crippen molar-refractivity contribution < 1.29 is 19.0 Å². The highest BCUT2D eigenvalue weighted by atomic mass is 35.5. The summed E-state index contributed by atoms with van der Waals surface area (Å²) in [5.74, 6) is 0.481. The molecule has 0 bridgehead atoms. The van der Waals surface area contributed by atoms with E-state index in [1.807, 2.05) is 11.9 Å². The lowest BCUT2D eigenvalue weighted by atomic mass is 9.88. The number of ether oxygens (including phenoxy) is 3. The minimum absolute atomic E-state index is 0.0339. The molecular weight excluding hydrogens is 415 g/mol. The van der Waals surface area contributed by atoms with Gasteiger partial charge in [0.25, 0.3) is 5.91 Å². The minimum Gasteiger partial charge on any atom is -0.484 e. The molecule has 0 N–H and O–H groups in total. The molecule has 1 amide bonds. The molecule has 6 nitrogen and oxygen atoms in total. The van der Waals surface area contributed by atoms with Crippen molar-refractivity contribution in [1.29, 1.82) is 0 Å². The van der Waals surface area contributed by atoms with E-state index in [0.717, 1.165) is 32.4 Å². The van der Waals surface area contributed by atoms with Crippen LogP contribution in [-0.2, 0) is 14.3 Å². The summed E-state index contributed by atoms with van der Waals surface area (Å²) in [6.45, 7) is 2.93. The average molecular weight is 447 g/mol. The maximum Gasteiger partial charge on any atom is 0.260 e. The van der Waals surface area contributed by atoms with Gasteiger partial charge in [0.15, 0.2) is 6.61 Å². The maximum atomic E-state index is 12.8. The van der Waals surface area contributed by atoms with Gasteiger partial charge in [0, 0.05) is 52.5 Å². The van der Waals surface area contributed by atoms with Crippen LogP contribution in [0.2, 0.25) is 10.0 Å². The van der Waals surface area contributed by atoms with Gasteiger partial charge >= 0.3 is 0 Å². The number of nitrogens with zero attached hydrogens (tertiary/aromatic N) is 2. The topological polar surface area (TPSA) is 51.2 Å². The molecule has 164 valence electrons. The molecule has 0 radical (unpaired) electrons. The second kappa shape index (κ2) is 12.6. The van der Waals surface area contributed by atoms with Crippen molar-refractivity contribution >= 4 is 29.1 Å². The Labute approximate surface area is 184 Å². The number of hydrogen-bond acceptors (Lipinski definition) is 5. The van der Waals surface area contributed by atoms with Crippen LogP contribution in [0.3, 0.4) is 0 Å². The molecule has 29 heavy (non-hydrogen) atoms. The van der Waals surface area contributed by atoms with Crippen molar-refractivity contribution in [2.45, 2.75) is 37.8 Å². The number of rotatable bonds is 11. The highest BCUT2D eigenvalue weighted by Crippen LogP contribution is 2.28. The number of likely N-dealkylation sites (N-methyl/N-ethyl adjacent to an activating group) is 1. The zero-order chi connectivity index (χ0) is 21.2. The zero-order valence-electron chi connectivity index (χ0n) is 17.5. The summed E-state index contributed by atoms with van der Waals surface area (Å²) in [5, 5.41) is 0.865. The van der Waals surface area contributed by atoms with Crippen LogP contribution in [0.15, 0.2) is 18.2 Å². The van der Waals surface area contributed by atoms with E-state index in [4.69, 9.17) is 37.4 Å². The van der Waals surface area contributed by atoms with Crippen molar-refractivity contribution in [3.8, 4) is 5.75 Å². The molecule has 1 aromatic carbocycles. The third kappa shape index (κ3) is 7.30. The van der Waals surface area contributed by atoms with E-state index < -0.39 is 0 Å². The lowest BCUT2D eigenvalue weighted by Gasteiger charge is -2.43. The third-order valence-corrected chi connectivity index (χ3v) is 6.21. The molecule has 0 aliphatic heterocycles. The molecular formula is C21H32Cl2N2O4. The Balaban J connectivity index is 2.00. The minimum atomic E-state index is -0.0496. The van der Waals surface area contributed by atoms with Gasteiger partial charge in [0.1, 0.15) is 5.75 Å². The van der Waals surface area contributed by atoms with E-state index in [9.17, 15) is 4.79 Å². The second-order valence-corrected chi connectivity index (χ2v) is 8.12. The summed E-state index contributed by atoms with van der Waals surface area (Å²) in [4.78, 5) is 17.1. The predicted octanol–water partition coefficient (Wildman–Crippen LogP) is 3.74. The Morgan fingerprint density at radius 1 is 1.03 bits per heavy atom. The van der Waals surface area contributed by atoms with Gasteiger partial charge in [-0.05, 0) is 25.0 Å². The van der Waals surface area contributed by atoms with Gasteiger partial charge in [-0.15, -0.1) is 0 Å². The van der Waals surface area contributed by atoms with Crippen LogP contribution >= 0.6 is 23.2 Å². The first-order valence-electron chi connectivity index (χ1n) is 10.0. The van der Waals surface area contributed by atoms with Gasteiger partial charge < -0.3 is 19.1 Å². The normalized spacial score (nSPS) is 19.4. The van der Waals surface area contributed by atoms with Crippen molar-refractivity contribution in [3.05, 3.63) is 28.2 Å². The summed E-state index contributed by atoms with van der Waals surface area (Å²) in [6, 6.07) is 5.42. The zero-order valence-corrected chi connectivity index (χ0v) is 19.0. The molecule has 1 saturated carbocycles. The van der Waals surface area contributed by atoms with E-state index in [1.54, 1.807) is 32.4 Å². The van der Waals surface area contributed by atoms with Gasteiger partial charge in [-0.3, -0.25) is 9.69 Å². The Morgan fingerprint density at radius 2 is 1.66 bits per heavy atom. The molecule has 0 heterocycles. The molecule has 0 spiro atoms. The fraction of sp³-hybridized carbons (Fsp3) is 0.667. The standard InChI is InChI=1S/C21H32Cl2N2O4/c1-24(21(26)15-29-16-8-9-17(22)18(23)14-16)19-6-4-5-7-20(19)25(10-12-27-2)11-13-28-3/h8-9,14,19-20H,4-7,10-13,15H2,1-3H3/t19-,20-/m0/s1. The first kappa shape index (κ1) is 24.2. The second-order valence-electron chi connectivity index (χ2n) is 7.31. The van der Waals surface area contributed by atoms with Gasteiger partial charge in [-0.2, -0.15) is 0 Å². The lowest BCUT2D eigenvalue weighted by molar-refractivity contribution is -0.136. The molecule has 1 fully saturated rings. The Kier molecular flexibility index (Phi) is 10.5. The predicted molar refractivity (Wildman–Crippen MR) is 116 cm³/mol. The summed E-state index contributed by atoms with van der Waals surface area (Å²) in [6.07, 6.45) is 4.33. The number of methoxy groups -OCH3 is 2. The van der Waals surface area contributed by atoms with Crippen molar-refractivity contribution in [2.75, 3.05) is 54.2 Å². The highest BCUT2D eigenvalue weighted by Gasteiger charge is 2.34. The van der Waals surface area contributed by atoms with Crippen LogP contribution in [0.25, 0.3) is 0 Å². The number of carbonyl (C=O) groups excluding carboxylic acids is 1. The van der Waals surface area contributed by atoms with Crippen LogP contribution in [0.1, 0.15) is 25.7 Å². The number of hydrogen-bond donors (Lipinski definition) is 0. The molecule has 0 saturated heterocycles. The smallest absolute Gasteiger partial charge is 0.260 e. The fourth-order valence-electron chi connectivity index (χ4n) is 3.83. The van der Waals surface area contributed by atoms with Crippen LogP contribution in [0.5, 0.6) is 5.75 Å². The van der Waals surface area contributed by atoms with Crippen molar-refractivity contribution in [2.24, 2.45) is 0 Å². The summed E-state index contributed by atoms with van der Waals surface area (Å²) < 4.78 is 16.2. The number of halogens is 2. The third-order valence-electron chi connectivity index (χ3n) is 5.47. The molecule has 1 aliphatic carbocycles. The number of amides is 1. The van der Waals surface area contributed by atoms with Gasteiger partial charge in [-0.1, -0.05) is 36.0 Å². The molecule has 2 atom stereocenters. The average Bonchev–Trinajstić information content (AvgIpc) is 2.74. The molecule has 1 aliphatic rings. The largest absolute Gasteiger partial charge is 0.484 e. The van der Waals surface area contributed by atoms with Crippen LogP contribution < -0.4 is 4.74 Å². The van der Waals surface area contributed by atoms with Crippen molar-refractivity contribution in [1.82, 2.24) is 9.80 Å². The van der Waals surface area contributed by atoms with Crippen LogP contribution in [0.4, 0.5) is 0 Å². The van der Waals surface area contributed by atoms with Gasteiger partial charge in [0.2, 0.25) is 0 Å². The molecule has 0 aromatic heterocycles. The molecule has 2 rings (SSSR count). The van der Waals surface area contributed by atoms with E-state index >= 15 is 0 Å². The van der Waals surface area contributed by atoms with E-state index in [-0.39, 0.29) is 24.6 Å². The van der Waals surface area contributed by atoms with Crippen molar-refractivity contribution in [3.63, 3.8) is 0 Å². The first-order valence-corrected chi connectivity index (χ1v) is 10.8. The Bertz CT molecular complexity index is 639. The quantitative estimate of drug-likeness (QED) is 0.518. The SMILES string of the molecule is COCCN(CCOC)[C@H]1CCCC[C@@H]1N(C)C(=O)COc1ccc(Cl)c(Cl)c1. The van der Waals surface area contributed by atoms with E-state index in [1.165, 1.54) is 6.42 Å². The molecule has 1 aromatic rings. The Hall–Kier alpha value is -1.05. The number of carbonyl (C=O) groups is 1. The van der Waals surface area contributed by atoms with Crippen LogP contribution in [0, 0.1) is 0 Å². The molecule has 0 unspecified atom stereocenters. The monoisotopic (exact) mass is 446 g/mol. The molecule has 8 heteroatoms. The van der Waals surface area contributed by atoms with Crippen LogP contribution in [-0.4, -0.2) is 82.0 Å². The number of benzene rings is 1. The summed E-state index contributed by atoms with van der Waals surface area (Å²) in [7, 11) is 5.29. The lowest BCUT2D eigenvalue weighted by Crippen LogP contribution is -2.55. The van der Waals surface area contributed by atoms with E-state index in [0.29, 0.717) is 29.0 Å². The van der Waals surface area contributed by atoms with Gasteiger partial charge in [0.05, 0.1) is 23.3 Å². The Morgan fingerprint density at radius 3 is 2.24 bits per heavy atom. The maximum absolute atomic E-state index is 12.8. The summed E-state index contributed by atoms with van der Waals surface area (Å²) >= 11 is 11.9.